The lowest BCUT2D eigenvalue weighted by Gasteiger charge is -2.16. The van der Waals surface area contributed by atoms with Gasteiger partial charge >= 0.3 is 0 Å². The number of hydrogen-bond acceptors (Lipinski definition) is 1. The number of hydrogen-bond donors (Lipinski definition) is 0. The molecule has 0 radical (unpaired) electrons. The summed E-state index contributed by atoms with van der Waals surface area (Å²) in [5.41, 5.74) is 0. The van der Waals surface area contributed by atoms with Gasteiger partial charge in [0.05, 0.1) is 12.2 Å². The predicted octanol–water partition coefficient (Wildman–Crippen LogP) is 5.33. The predicted molar refractivity (Wildman–Crippen MR) is 75.3 cm³/mol. The van der Waals surface area contributed by atoms with Crippen LogP contribution >= 0.6 is 0 Å². The van der Waals surface area contributed by atoms with Crippen LogP contribution in [-0.2, 0) is 4.74 Å². The summed E-state index contributed by atoms with van der Waals surface area (Å²) in [7, 11) is 0. The number of unbranched alkanes of at least 4 members (excludes halogenated alkanes) is 5. The highest BCUT2D eigenvalue weighted by Crippen LogP contribution is 2.33. The summed E-state index contributed by atoms with van der Waals surface area (Å²) >= 11 is 0. The average Bonchev–Trinajstić information content (AvgIpc) is 2.76. The minimum absolute atomic E-state index is 0.560. The van der Waals surface area contributed by atoms with Gasteiger partial charge in [-0.25, -0.2) is 0 Å². The normalized spacial score (nSPS) is 28.8. The van der Waals surface area contributed by atoms with Crippen molar-refractivity contribution in [2.75, 3.05) is 0 Å². The van der Waals surface area contributed by atoms with Gasteiger partial charge in [0.2, 0.25) is 0 Å². The Balaban J connectivity index is 2.09. The lowest BCUT2D eigenvalue weighted by molar-refractivity contribution is 0.0297. The van der Waals surface area contributed by atoms with Crippen molar-refractivity contribution in [3.63, 3.8) is 0 Å². The van der Waals surface area contributed by atoms with Crippen LogP contribution in [0, 0.1) is 5.92 Å². The standard InChI is InChI=1S/C16H32O/c1-4-7-8-9-10-11-12-14-13-15(5-2)17-16(14)6-3/h14-16H,4-13H2,1-3H3. The van der Waals surface area contributed by atoms with Crippen LogP contribution in [0.4, 0.5) is 0 Å². The molecule has 0 aromatic carbocycles. The highest BCUT2D eigenvalue weighted by molar-refractivity contribution is 4.80. The molecule has 1 heteroatoms. The third-order valence-electron chi connectivity index (χ3n) is 4.24. The van der Waals surface area contributed by atoms with Gasteiger partial charge in [-0.3, -0.25) is 0 Å². The molecule has 0 aliphatic carbocycles. The van der Waals surface area contributed by atoms with Crippen LogP contribution in [0.1, 0.15) is 85.0 Å². The van der Waals surface area contributed by atoms with Crippen molar-refractivity contribution in [1.29, 1.82) is 0 Å². The first-order valence-corrected chi connectivity index (χ1v) is 7.97. The van der Waals surface area contributed by atoms with Gasteiger partial charge in [-0.15, -0.1) is 0 Å². The highest BCUT2D eigenvalue weighted by atomic mass is 16.5. The smallest absolute Gasteiger partial charge is 0.0605 e. The molecule has 102 valence electrons. The molecule has 3 atom stereocenters. The highest BCUT2D eigenvalue weighted by Gasteiger charge is 2.32. The van der Waals surface area contributed by atoms with Crippen molar-refractivity contribution < 1.29 is 4.74 Å². The molecule has 1 aliphatic rings. The molecule has 0 aromatic rings. The van der Waals surface area contributed by atoms with E-state index >= 15 is 0 Å². The maximum Gasteiger partial charge on any atom is 0.0605 e. The summed E-state index contributed by atoms with van der Waals surface area (Å²) in [6.07, 6.45) is 14.8. The van der Waals surface area contributed by atoms with Crippen LogP contribution in [0.15, 0.2) is 0 Å². The molecule has 17 heavy (non-hydrogen) atoms. The van der Waals surface area contributed by atoms with Crippen LogP contribution < -0.4 is 0 Å². The Morgan fingerprint density at radius 3 is 2.24 bits per heavy atom. The van der Waals surface area contributed by atoms with E-state index < -0.39 is 0 Å². The average molecular weight is 240 g/mol. The van der Waals surface area contributed by atoms with E-state index in [4.69, 9.17) is 4.74 Å². The Kier molecular flexibility index (Phi) is 7.92. The van der Waals surface area contributed by atoms with E-state index in [0.29, 0.717) is 12.2 Å². The quantitative estimate of drug-likeness (QED) is 0.495. The van der Waals surface area contributed by atoms with Crippen molar-refractivity contribution in [2.24, 2.45) is 5.92 Å². The van der Waals surface area contributed by atoms with Crippen molar-refractivity contribution in [3.05, 3.63) is 0 Å². The van der Waals surface area contributed by atoms with Gasteiger partial charge in [0.15, 0.2) is 0 Å². The zero-order chi connectivity index (χ0) is 12.5. The fraction of sp³-hybridized carbons (Fsp3) is 1.00. The van der Waals surface area contributed by atoms with Crippen molar-refractivity contribution in [2.45, 2.75) is 97.2 Å². The fourth-order valence-corrected chi connectivity index (χ4v) is 3.09. The van der Waals surface area contributed by atoms with Crippen LogP contribution in [0.25, 0.3) is 0 Å². The van der Waals surface area contributed by atoms with E-state index in [1.54, 1.807) is 0 Å². The van der Waals surface area contributed by atoms with E-state index in [1.165, 1.54) is 64.2 Å². The van der Waals surface area contributed by atoms with E-state index in [1.807, 2.05) is 0 Å². The Morgan fingerprint density at radius 1 is 0.882 bits per heavy atom. The van der Waals surface area contributed by atoms with Crippen molar-refractivity contribution in [3.8, 4) is 0 Å². The fourth-order valence-electron chi connectivity index (χ4n) is 3.09. The van der Waals surface area contributed by atoms with Gasteiger partial charge in [-0.2, -0.15) is 0 Å². The first-order chi connectivity index (χ1) is 8.31. The molecule has 0 saturated carbocycles. The molecule has 1 rings (SSSR count). The summed E-state index contributed by atoms with van der Waals surface area (Å²) in [6, 6.07) is 0. The second kappa shape index (κ2) is 8.97. The third-order valence-corrected chi connectivity index (χ3v) is 4.24. The molecule has 1 saturated heterocycles. The monoisotopic (exact) mass is 240 g/mol. The minimum Gasteiger partial charge on any atom is -0.375 e. The van der Waals surface area contributed by atoms with Gasteiger partial charge < -0.3 is 4.74 Å². The van der Waals surface area contributed by atoms with Gasteiger partial charge in [0.1, 0.15) is 0 Å². The summed E-state index contributed by atoms with van der Waals surface area (Å²) < 4.78 is 6.07. The van der Waals surface area contributed by atoms with E-state index in [-0.39, 0.29) is 0 Å². The van der Waals surface area contributed by atoms with E-state index in [0.717, 1.165) is 5.92 Å². The Hall–Kier alpha value is -0.0400. The summed E-state index contributed by atoms with van der Waals surface area (Å²) in [5.74, 6) is 0.858. The molecule has 1 heterocycles. The van der Waals surface area contributed by atoms with Crippen LogP contribution in [-0.4, -0.2) is 12.2 Å². The number of ether oxygens (including phenoxy) is 1. The molecule has 1 aliphatic heterocycles. The second-order valence-corrected chi connectivity index (χ2v) is 5.67. The summed E-state index contributed by atoms with van der Waals surface area (Å²) in [4.78, 5) is 0. The van der Waals surface area contributed by atoms with Crippen molar-refractivity contribution >= 4 is 0 Å². The maximum absolute atomic E-state index is 6.07. The van der Waals surface area contributed by atoms with Gasteiger partial charge in [-0.05, 0) is 31.6 Å². The first-order valence-electron chi connectivity index (χ1n) is 7.97. The lowest BCUT2D eigenvalue weighted by Crippen LogP contribution is -2.14. The summed E-state index contributed by atoms with van der Waals surface area (Å²) in [5, 5.41) is 0. The topological polar surface area (TPSA) is 9.23 Å². The molecule has 1 fully saturated rings. The van der Waals surface area contributed by atoms with Crippen LogP contribution in [0.2, 0.25) is 0 Å². The number of rotatable bonds is 9. The Labute approximate surface area is 108 Å². The lowest BCUT2D eigenvalue weighted by atomic mass is 9.91. The largest absolute Gasteiger partial charge is 0.375 e. The SMILES string of the molecule is CCCCCCCCC1CC(CC)OC1CC. The zero-order valence-corrected chi connectivity index (χ0v) is 12.2. The molecule has 0 spiro atoms. The van der Waals surface area contributed by atoms with Gasteiger partial charge in [-0.1, -0.05) is 59.3 Å². The maximum atomic E-state index is 6.07. The van der Waals surface area contributed by atoms with E-state index in [2.05, 4.69) is 20.8 Å². The van der Waals surface area contributed by atoms with Gasteiger partial charge in [0.25, 0.3) is 0 Å². The first kappa shape index (κ1) is 15.0. The molecular weight excluding hydrogens is 208 g/mol. The Bertz CT molecular complexity index is 178. The minimum atomic E-state index is 0.560. The van der Waals surface area contributed by atoms with Crippen molar-refractivity contribution in [1.82, 2.24) is 0 Å². The third kappa shape index (κ3) is 5.42. The van der Waals surface area contributed by atoms with Crippen LogP contribution in [0.3, 0.4) is 0 Å². The molecule has 3 unspecified atom stereocenters. The molecule has 1 nitrogen and oxygen atoms in total. The van der Waals surface area contributed by atoms with E-state index in [9.17, 15) is 0 Å². The molecular formula is C16H32O. The second-order valence-electron chi connectivity index (χ2n) is 5.67. The summed E-state index contributed by atoms with van der Waals surface area (Å²) in [6.45, 7) is 6.81. The van der Waals surface area contributed by atoms with Gasteiger partial charge in [0, 0.05) is 0 Å². The molecule has 0 amide bonds. The molecule has 0 N–H and O–H groups in total. The van der Waals surface area contributed by atoms with Crippen LogP contribution in [0.5, 0.6) is 0 Å². The Morgan fingerprint density at radius 2 is 1.59 bits per heavy atom. The zero-order valence-electron chi connectivity index (χ0n) is 12.2. The molecule has 0 bridgehead atoms. The molecule has 0 aromatic heterocycles.